The molecule has 7 nitrogen and oxygen atoms in total. The first-order valence-corrected chi connectivity index (χ1v) is 9.04. The minimum absolute atomic E-state index is 0.00412. The maximum atomic E-state index is 12.2. The van der Waals surface area contributed by atoms with Crippen molar-refractivity contribution in [1.29, 1.82) is 0 Å². The fourth-order valence-electron chi connectivity index (χ4n) is 2.19. The van der Waals surface area contributed by atoms with E-state index >= 15 is 0 Å². The minimum atomic E-state index is -3.44. The van der Waals surface area contributed by atoms with Gasteiger partial charge in [0.25, 0.3) is 5.91 Å². The number of carboxylic acids is 1. The van der Waals surface area contributed by atoms with Crippen molar-refractivity contribution >= 4 is 21.7 Å². The van der Waals surface area contributed by atoms with E-state index in [2.05, 4.69) is 5.32 Å². The second-order valence-electron chi connectivity index (χ2n) is 5.20. The first-order chi connectivity index (χ1) is 11.2. The van der Waals surface area contributed by atoms with Gasteiger partial charge in [0.05, 0.1) is 11.4 Å². The van der Waals surface area contributed by atoms with E-state index in [0.717, 1.165) is 6.26 Å². The molecule has 1 amide bonds. The number of sulfone groups is 1. The van der Waals surface area contributed by atoms with Crippen LogP contribution in [0.5, 0.6) is 0 Å². The molecule has 0 aliphatic carbocycles. The molecule has 0 atom stereocenters. The Balaban J connectivity index is 2.16. The molecule has 0 unspecified atom stereocenters. The van der Waals surface area contributed by atoms with E-state index in [-0.39, 0.29) is 28.5 Å². The summed E-state index contributed by atoms with van der Waals surface area (Å²) in [6.07, 6.45) is 1.63. The van der Waals surface area contributed by atoms with Gasteiger partial charge >= 0.3 is 5.97 Å². The lowest BCUT2D eigenvalue weighted by atomic mass is 10.1. The summed E-state index contributed by atoms with van der Waals surface area (Å²) in [5.41, 5.74) is 0.851. The average Bonchev–Trinajstić information content (AvgIpc) is 3.00. The first kappa shape index (κ1) is 17.7. The van der Waals surface area contributed by atoms with Crippen molar-refractivity contribution in [1.82, 2.24) is 5.32 Å². The third-order valence-electron chi connectivity index (χ3n) is 3.41. The minimum Gasteiger partial charge on any atom is -0.475 e. The first-order valence-electron chi connectivity index (χ1n) is 7.15. The number of aromatic carboxylic acids is 1. The van der Waals surface area contributed by atoms with Crippen LogP contribution in [0.1, 0.15) is 39.2 Å². The van der Waals surface area contributed by atoms with Crippen LogP contribution in [0, 0.1) is 0 Å². The van der Waals surface area contributed by atoms with E-state index in [1.165, 1.54) is 18.2 Å². The number of nitrogens with one attached hydrogen (secondary N) is 1. The molecule has 0 bridgehead atoms. The fraction of sp³-hybridized carbons (Fsp3) is 0.250. The van der Waals surface area contributed by atoms with Gasteiger partial charge in [0, 0.05) is 11.8 Å². The van der Waals surface area contributed by atoms with Gasteiger partial charge in [-0.2, -0.15) is 0 Å². The molecule has 0 aliphatic heterocycles. The van der Waals surface area contributed by atoms with Crippen molar-refractivity contribution in [3.8, 4) is 0 Å². The summed E-state index contributed by atoms with van der Waals surface area (Å²) in [6.45, 7) is 1.83. The highest BCUT2D eigenvalue weighted by Crippen LogP contribution is 2.18. The maximum absolute atomic E-state index is 12.2. The number of aryl methyl sites for hydroxylation is 1. The Hall–Kier alpha value is -2.61. The summed E-state index contributed by atoms with van der Waals surface area (Å²) in [7, 11) is -3.44. The second-order valence-corrected chi connectivity index (χ2v) is 7.19. The molecule has 1 aromatic heterocycles. The summed E-state index contributed by atoms with van der Waals surface area (Å²) in [5.74, 6) is -1.60. The lowest BCUT2D eigenvalue weighted by Crippen LogP contribution is -2.23. The number of carbonyl (C=O) groups is 2. The molecule has 0 saturated heterocycles. The predicted octanol–water partition coefficient (Wildman–Crippen LogP) is 1.87. The smallest absolute Gasteiger partial charge is 0.371 e. The van der Waals surface area contributed by atoms with Gasteiger partial charge in [-0.05, 0) is 36.2 Å². The number of furan rings is 1. The summed E-state index contributed by atoms with van der Waals surface area (Å²) in [4.78, 5) is 23.0. The van der Waals surface area contributed by atoms with E-state index in [1.54, 1.807) is 12.1 Å². The second kappa shape index (κ2) is 6.88. The largest absolute Gasteiger partial charge is 0.475 e. The number of carbonyl (C=O) groups excluding carboxylic acids is 1. The number of carboxylic acid groups (broad SMARTS) is 1. The highest BCUT2D eigenvalue weighted by Gasteiger charge is 2.16. The molecule has 2 rings (SSSR count). The Morgan fingerprint density at radius 2 is 1.92 bits per heavy atom. The maximum Gasteiger partial charge on any atom is 0.371 e. The van der Waals surface area contributed by atoms with Gasteiger partial charge in [-0.15, -0.1) is 0 Å². The van der Waals surface area contributed by atoms with Crippen LogP contribution < -0.4 is 5.32 Å². The summed E-state index contributed by atoms with van der Waals surface area (Å²) in [5, 5.41) is 11.3. The molecular formula is C16H17NO6S. The van der Waals surface area contributed by atoms with Crippen LogP contribution in [0.25, 0.3) is 0 Å². The molecule has 0 aliphatic rings. The zero-order valence-electron chi connectivity index (χ0n) is 13.2. The Morgan fingerprint density at radius 3 is 2.46 bits per heavy atom. The Labute approximate surface area is 139 Å². The molecular weight excluding hydrogens is 334 g/mol. The molecule has 0 fully saturated rings. The quantitative estimate of drug-likeness (QED) is 0.821. The van der Waals surface area contributed by atoms with Crippen LogP contribution >= 0.6 is 0 Å². The highest BCUT2D eigenvalue weighted by molar-refractivity contribution is 7.90. The lowest BCUT2D eigenvalue weighted by molar-refractivity contribution is 0.0660. The van der Waals surface area contributed by atoms with E-state index in [4.69, 9.17) is 9.52 Å². The highest BCUT2D eigenvalue weighted by atomic mass is 32.2. The number of benzene rings is 1. The molecule has 128 valence electrons. The van der Waals surface area contributed by atoms with Gasteiger partial charge in [0.2, 0.25) is 5.76 Å². The van der Waals surface area contributed by atoms with Crippen molar-refractivity contribution in [2.45, 2.75) is 24.8 Å². The summed E-state index contributed by atoms with van der Waals surface area (Å²) < 4.78 is 28.7. The monoisotopic (exact) mass is 351 g/mol. The fourth-order valence-corrected chi connectivity index (χ4v) is 3.22. The van der Waals surface area contributed by atoms with E-state index in [1.807, 2.05) is 6.92 Å². The number of rotatable bonds is 6. The normalized spacial score (nSPS) is 11.2. The van der Waals surface area contributed by atoms with Crippen molar-refractivity contribution in [3.05, 3.63) is 53.0 Å². The van der Waals surface area contributed by atoms with Gasteiger partial charge in [-0.25, -0.2) is 13.2 Å². The van der Waals surface area contributed by atoms with Crippen LogP contribution in [-0.4, -0.2) is 31.7 Å². The van der Waals surface area contributed by atoms with Crippen LogP contribution in [0.2, 0.25) is 0 Å². The van der Waals surface area contributed by atoms with Crippen LogP contribution in [0.15, 0.2) is 39.6 Å². The molecule has 0 radical (unpaired) electrons. The number of amides is 1. The SMILES string of the molecule is CCc1ccc(C(=O)NCc2ccc(C(=O)O)o2)cc1S(C)(=O)=O. The zero-order valence-corrected chi connectivity index (χ0v) is 14.0. The van der Waals surface area contributed by atoms with Crippen LogP contribution in [0.4, 0.5) is 0 Å². The van der Waals surface area contributed by atoms with Crippen molar-refractivity contribution in [2.24, 2.45) is 0 Å². The van der Waals surface area contributed by atoms with Gasteiger partial charge in [0.1, 0.15) is 5.76 Å². The Kier molecular flexibility index (Phi) is 5.08. The molecule has 2 aromatic rings. The van der Waals surface area contributed by atoms with Crippen LogP contribution in [-0.2, 0) is 22.8 Å². The van der Waals surface area contributed by atoms with Gasteiger partial charge < -0.3 is 14.8 Å². The van der Waals surface area contributed by atoms with E-state index in [9.17, 15) is 18.0 Å². The van der Waals surface area contributed by atoms with Crippen LogP contribution in [0.3, 0.4) is 0 Å². The molecule has 2 N–H and O–H groups in total. The molecule has 8 heteroatoms. The molecule has 0 spiro atoms. The van der Waals surface area contributed by atoms with Gasteiger partial charge in [-0.3, -0.25) is 4.79 Å². The summed E-state index contributed by atoms with van der Waals surface area (Å²) in [6, 6.07) is 7.25. The van der Waals surface area contributed by atoms with Crippen molar-refractivity contribution in [3.63, 3.8) is 0 Å². The van der Waals surface area contributed by atoms with Crippen molar-refractivity contribution < 1.29 is 27.5 Å². The molecule has 1 heterocycles. The number of hydrogen-bond donors (Lipinski definition) is 2. The molecule has 0 saturated carbocycles. The third kappa shape index (κ3) is 4.02. The van der Waals surface area contributed by atoms with Crippen molar-refractivity contribution in [2.75, 3.05) is 6.26 Å². The Bertz CT molecular complexity index is 882. The standard InChI is InChI=1S/C16H17NO6S/c1-3-10-4-5-11(8-14(10)24(2,21)22)15(18)17-9-12-6-7-13(23-12)16(19)20/h4-8H,3,9H2,1-2H3,(H,17,18)(H,19,20). The predicted molar refractivity (Wildman–Crippen MR) is 85.8 cm³/mol. The Morgan fingerprint density at radius 1 is 1.21 bits per heavy atom. The molecule has 24 heavy (non-hydrogen) atoms. The van der Waals surface area contributed by atoms with E-state index < -0.39 is 21.7 Å². The van der Waals surface area contributed by atoms with E-state index in [0.29, 0.717) is 12.0 Å². The average molecular weight is 351 g/mol. The van der Waals surface area contributed by atoms with Gasteiger partial charge in [-0.1, -0.05) is 13.0 Å². The third-order valence-corrected chi connectivity index (χ3v) is 4.58. The lowest BCUT2D eigenvalue weighted by Gasteiger charge is -2.09. The molecule has 1 aromatic carbocycles. The topological polar surface area (TPSA) is 114 Å². The zero-order chi connectivity index (χ0) is 17.9. The van der Waals surface area contributed by atoms with Gasteiger partial charge in [0.15, 0.2) is 9.84 Å². The summed E-state index contributed by atoms with van der Waals surface area (Å²) >= 11 is 0. The number of hydrogen-bond acceptors (Lipinski definition) is 5.